The Morgan fingerprint density at radius 2 is 1.93 bits per heavy atom. The van der Waals surface area contributed by atoms with Crippen molar-refractivity contribution in [2.45, 2.75) is 52.1 Å². The molecule has 0 aliphatic rings. The van der Waals surface area contributed by atoms with E-state index < -0.39 is 0 Å². The van der Waals surface area contributed by atoms with Gasteiger partial charge < -0.3 is 10.6 Å². The first kappa shape index (κ1) is 13.5. The summed E-state index contributed by atoms with van der Waals surface area (Å²) in [7, 11) is 0. The second kappa shape index (κ2) is 6.86. The quantitative estimate of drug-likeness (QED) is 0.500. The molecule has 1 atom stereocenters. The van der Waals surface area contributed by atoms with Crippen molar-refractivity contribution in [2.24, 2.45) is 0 Å². The monoisotopic (exact) mass is 196 g/mol. The minimum Gasteiger partial charge on any atom is -0.311 e. The predicted molar refractivity (Wildman–Crippen MR) is 63.3 cm³/mol. The van der Waals surface area contributed by atoms with E-state index in [1.54, 1.807) is 0 Å². The van der Waals surface area contributed by atoms with Crippen molar-refractivity contribution in [3.05, 3.63) is 0 Å². The Morgan fingerprint density at radius 1 is 1.29 bits per heavy atom. The Labute approximate surface area is 88.9 Å². The van der Waals surface area contributed by atoms with Crippen LogP contribution in [0.3, 0.4) is 0 Å². The Hall–Kier alpha value is -0.520. The van der Waals surface area contributed by atoms with Crippen LogP contribution in [0.5, 0.6) is 0 Å². The molecule has 2 N–H and O–H groups in total. The van der Waals surface area contributed by atoms with Gasteiger partial charge in [-0.25, -0.2) is 0 Å². The first-order valence-electron chi connectivity index (χ1n) is 5.44. The van der Waals surface area contributed by atoms with E-state index in [4.69, 9.17) is 6.42 Å². The fraction of sp³-hybridized carbons (Fsp3) is 0.833. The maximum atomic E-state index is 5.39. The molecular weight excluding hydrogens is 172 g/mol. The predicted octanol–water partition coefficient (Wildman–Crippen LogP) is 1.77. The molecule has 0 amide bonds. The van der Waals surface area contributed by atoms with Crippen molar-refractivity contribution in [3.63, 3.8) is 0 Å². The minimum absolute atomic E-state index is 0.193. The maximum Gasteiger partial charge on any atom is 0.0687 e. The number of rotatable bonds is 6. The van der Waals surface area contributed by atoms with Crippen LogP contribution in [-0.4, -0.2) is 24.7 Å². The molecule has 0 bridgehead atoms. The Kier molecular flexibility index (Phi) is 6.61. The van der Waals surface area contributed by atoms with Crippen LogP contribution < -0.4 is 10.6 Å². The first-order valence-corrected chi connectivity index (χ1v) is 5.44. The third kappa shape index (κ3) is 8.10. The van der Waals surface area contributed by atoms with Crippen molar-refractivity contribution in [3.8, 4) is 12.3 Å². The molecule has 0 rings (SSSR count). The standard InChI is InChI=1S/C12H24N2/c1-6-8-11(7-2)13-9-10-14-12(3,4)5/h2,11,13-14H,6,8-10H2,1,3-5H3. The second-order valence-corrected chi connectivity index (χ2v) is 4.64. The zero-order valence-corrected chi connectivity index (χ0v) is 9.98. The van der Waals surface area contributed by atoms with E-state index in [0.29, 0.717) is 0 Å². The van der Waals surface area contributed by atoms with Gasteiger partial charge in [0, 0.05) is 18.6 Å². The van der Waals surface area contributed by atoms with Crippen LogP contribution in [0.4, 0.5) is 0 Å². The molecule has 1 unspecified atom stereocenters. The largest absolute Gasteiger partial charge is 0.311 e. The third-order valence-corrected chi connectivity index (χ3v) is 1.95. The minimum atomic E-state index is 0.193. The van der Waals surface area contributed by atoms with Crippen LogP contribution in [0.25, 0.3) is 0 Å². The summed E-state index contributed by atoms with van der Waals surface area (Å²) in [6.07, 6.45) is 7.59. The highest BCUT2D eigenvalue weighted by molar-refractivity contribution is 4.98. The van der Waals surface area contributed by atoms with Gasteiger partial charge >= 0.3 is 0 Å². The number of hydrogen-bond donors (Lipinski definition) is 2. The molecule has 0 aromatic heterocycles. The molecule has 0 saturated carbocycles. The number of nitrogens with one attached hydrogen (secondary N) is 2. The molecule has 0 heterocycles. The average Bonchev–Trinajstić information content (AvgIpc) is 2.08. The molecule has 0 fully saturated rings. The topological polar surface area (TPSA) is 24.1 Å². The molecule has 14 heavy (non-hydrogen) atoms. The molecule has 82 valence electrons. The van der Waals surface area contributed by atoms with E-state index in [-0.39, 0.29) is 11.6 Å². The Bertz CT molecular complexity index is 174. The fourth-order valence-corrected chi connectivity index (χ4v) is 1.22. The van der Waals surface area contributed by atoms with Crippen LogP contribution in [-0.2, 0) is 0 Å². The molecule has 0 spiro atoms. The zero-order chi connectivity index (χ0) is 11.0. The van der Waals surface area contributed by atoms with Crippen LogP contribution >= 0.6 is 0 Å². The highest BCUT2D eigenvalue weighted by Crippen LogP contribution is 1.97. The number of hydrogen-bond acceptors (Lipinski definition) is 2. The fourth-order valence-electron chi connectivity index (χ4n) is 1.22. The molecule has 0 saturated heterocycles. The second-order valence-electron chi connectivity index (χ2n) is 4.64. The molecule has 0 aromatic carbocycles. The van der Waals surface area contributed by atoms with E-state index in [2.05, 4.69) is 44.2 Å². The summed E-state index contributed by atoms with van der Waals surface area (Å²) >= 11 is 0. The lowest BCUT2D eigenvalue weighted by Crippen LogP contribution is -2.42. The zero-order valence-electron chi connectivity index (χ0n) is 9.98. The molecule has 0 aliphatic heterocycles. The molecule has 2 nitrogen and oxygen atoms in total. The highest BCUT2D eigenvalue weighted by atomic mass is 15.0. The summed E-state index contributed by atoms with van der Waals surface area (Å²) in [5.41, 5.74) is 0.193. The lowest BCUT2D eigenvalue weighted by molar-refractivity contribution is 0.415. The van der Waals surface area contributed by atoms with Crippen molar-refractivity contribution >= 4 is 0 Å². The van der Waals surface area contributed by atoms with Crippen LogP contribution in [0, 0.1) is 12.3 Å². The molecule has 0 radical (unpaired) electrons. The van der Waals surface area contributed by atoms with Gasteiger partial charge in [0.25, 0.3) is 0 Å². The summed E-state index contributed by atoms with van der Waals surface area (Å²) in [6.45, 7) is 10.5. The normalized spacial score (nSPS) is 13.6. The van der Waals surface area contributed by atoms with Gasteiger partial charge in [-0.2, -0.15) is 0 Å². The molecular formula is C12H24N2. The van der Waals surface area contributed by atoms with Crippen LogP contribution in [0.2, 0.25) is 0 Å². The SMILES string of the molecule is C#CC(CCC)NCCNC(C)(C)C. The molecule has 0 aromatic rings. The van der Waals surface area contributed by atoms with Gasteiger partial charge in [0.05, 0.1) is 6.04 Å². The van der Waals surface area contributed by atoms with Crippen molar-refractivity contribution < 1.29 is 0 Å². The Morgan fingerprint density at radius 3 is 2.36 bits per heavy atom. The number of terminal acetylenes is 1. The van der Waals surface area contributed by atoms with Crippen LogP contribution in [0.15, 0.2) is 0 Å². The van der Waals surface area contributed by atoms with Gasteiger partial charge in [-0.1, -0.05) is 19.3 Å². The third-order valence-electron chi connectivity index (χ3n) is 1.95. The maximum absolute atomic E-state index is 5.39. The van der Waals surface area contributed by atoms with Gasteiger partial charge in [0.15, 0.2) is 0 Å². The molecule has 2 heteroatoms. The smallest absolute Gasteiger partial charge is 0.0687 e. The van der Waals surface area contributed by atoms with E-state index in [1.165, 1.54) is 0 Å². The van der Waals surface area contributed by atoms with E-state index in [1.807, 2.05) is 0 Å². The van der Waals surface area contributed by atoms with Gasteiger partial charge in [-0.15, -0.1) is 6.42 Å². The summed E-state index contributed by atoms with van der Waals surface area (Å²) in [6, 6.07) is 0.238. The van der Waals surface area contributed by atoms with Crippen molar-refractivity contribution in [1.82, 2.24) is 10.6 Å². The Balaban J connectivity index is 3.48. The lowest BCUT2D eigenvalue weighted by atomic mass is 10.1. The average molecular weight is 196 g/mol. The summed E-state index contributed by atoms with van der Waals surface area (Å²) < 4.78 is 0. The summed E-state index contributed by atoms with van der Waals surface area (Å²) in [4.78, 5) is 0. The van der Waals surface area contributed by atoms with E-state index >= 15 is 0 Å². The lowest BCUT2D eigenvalue weighted by Gasteiger charge is -2.21. The first-order chi connectivity index (χ1) is 6.49. The highest BCUT2D eigenvalue weighted by Gasteiger charge is 2.08. The van der Waals surface area contributed by atoms with E-state index in [0.717, 1.165) is 25.9 Å². The van der Waals surface area contributed by atoms with Gasteiger partial charge in [-0.3, -0.25) is 0 Å². The van der Waals surface area contributed by atoms with Gasteiger partial charge in [0.1, 0.15) is 0 Å². The van der Waals surface area contributed by atoms with Gasteiger partial charge in [-0.05, 0) is 27.2 Å². The van der Waals surface area contributed by atoms with Crippen molar-refractivity contribution in [1.29, 1.82) is 0 Å². The molecule has 0 aliphatic carbocycles. The van der Waals surface area contributed by atoms with Crippen LogP contribution in [0.1, 0.15) is 40.5 Å². The van der Waals surface area contributed by atoms with Gasteiger partial charge in [0.2, 0.25) is 0 Å². The van der Waals surface area contributed by atoms with Crippen molar-refractivity contribution in [2.75, 3.05) is 13.1 Å². The summed E-state index contributed by atoms with van der Waals surface area (Å²) in [5.74, 6) is 2.76. The summed E-state index contributed by atoms with van der Waals surface area (Å²) in [5, 5.41) is 6.76. The van der Waals surface area contributed by atoms with E-state index in [9.17, 15) is 0 Å².